The molecule has 26 heavy (non-hydrogen) atoms. The third kappa shape index (κ3) is 4.07. The van der Waals surface area contributed by atoms with Crippen LogP contribution in [0.15, 0.2) is 17.3 Å². The molecule has 0 radical (unpaired) electrons. The molecule has 0 bridgehead atoms. The van der Waals surface area contributed by atoms with Crippen molar-refractivity contribution in [3.63, 3.8) is 0 Å². The normalized spacial score (nSPS) is 14.5. The van der Waals surface area contributed by atoms with Gasteiger partial charge in [0.1, 0.15) is 5.75 Å². The van der Waals surface area contributed by atoms with Crippen molar-refractivity contribution in [3.8, 4) is 5.75 Å². The lowest BCUT2D eigenvalue weighted by molar-refractivity contribution is -0.348. The molecule has 148 valence electrons. The Hall–Kier alpha value is -1.92. The largest absolute Gasteiger partial charge is 0.573 e. The second-order valence-corrected chi connectivity index (χ2v) is 5.12. The van der Waals surface area contributed by atoms with Gasteiger partial charge in [0, 0.05) is 5.56 Å². The Morgan fingerprint density at radius 3 is 1.77 bits per heavy atom. The maximum Gasteiger partial charge on any atom is 0.573 e. The van der Waals surface area contributed by atoms with Crippen molar-refractivity contribution >= 4 is 16.8 Å². The standard InChI is InChI=1S/C12H6ClF10NO2/c1-4-2-5(9(14,10(15,16)17)11(18,19)20)3-6(26-12(21,22)23)7(4)8(13)24-25/h2-3,25H,1H3/b24-8-. The van der Waals surface area contributed by atoms with E-state index in [-0.39, 0.29) is 6.07 Å². The Morgan fingerprint density at radius 2 is 1.42 bits per heavy atom. The maximum absolute atomic E-state index is 14.0. The van der Waals surface area contributed by atoms with E-state index in [0.717, 1.165) is 0 Å². The second-order valence-electron chi connectivity index (χ2n) is 4.76. The van der Waals surface area contributed by atoms with Crippen molar-refractivity contribution < 1.29 is 53.8 Å². The molecule has 0 amide bonds. The summed E-state index contributed by atoms with van der Waals surface area (Å²) < 4.78 is 131. The Labute approximate surface area is 142 Å². The summed E-state index contributed by atoms with van der Waals surface area (Å²) >= 11 is 5.29. The van der Waals surface area contributed by atoms with Crippen LogP contribution in [0.4, 0.5) is 43.9 Å². The molecule has 14 heteroatoms. The fourth-order valence-electron chi connectivity index (χ4n) is 1.96. The summed E-state index contributed by atoms with van der Waals surface area (Å²) in [7, 11) is 0. The van der Waals surface area contributed by atoms with Gasteiger partial charge >= 0.3 is 24.4 Å². The zero-order valence-corrected chi connectivity index (χ0v) is 12.9. The highest BCUT2D eigenvalue weighted by Crippen LogP contribution is 2.54. The van der Waals surface area contributed by atoms with Crippen LogP contribution in [-0.2, 0) is 5.67 Å². The lowest BCUT2D eigenvalue weighted by Crippen LogP contribution is -2.50. The smallest absolute Gasteiger partial charge is 0.410 e. The fourth-order valence-corrected chi connectivity index (χ4v) is 2.20. The second kappa shape index (κ2) is 6.67. The minimum absolute atomic E-state index is 0.0346. The Kier molecular flexibility index (Phi) is 5.67. The van der Waals surface area contributed by atoms with E-state index in [9.17, 15) is 43.9 Å². The summed E-state index contributed by atoms with van der Waals surface area (Å²) in [6, 6.07) is -0.503. The molecule has 0 spiro atoms. The molecule has 0 saturated heterocycles. The molecule has 0 atom stereocenters. The minimum Gasteiger partial charge on any atom is -0.410 e. The summed E-state index contributed by atoms with van der Waals surface area (Å²) in [5, 5.41) is 9.66. The molecule has 0 heterocycles. The van der Waals surface area contributed by atoms with Gasteiger partial charge in [-0.1, -0.05) is 22.8 Å². The number of ether oxygens (including phenoxy) is 1. The average Bonchev–Trinajstić information content (AvgIpc) is 2.40. The molecular formula is C12H6ClF10NO2. The van der Waals surface area contributed by atoms with Gasteiger partial charge in [0.2, 0.25) is 0 Å². The van der Waals surface area contributed by atoms with Crippen LogP contribution < -0.4 is 4.74 Å². The monoisotopic (exact) mass is 421 g/mol. The molecule has 0 aliphatic carbocycles. The van der Waals surface area contributed by atoms with Crippen LogP contribution in [0.2, 0.25) is 0 Å². The molecule has 3 nitrogen and oxygen atoms in total. The molecule has 0 aliphatic heterocycles. The number of oxime groups is 1. The van der Waals surface area contributed by atoms with Crippen molar-refractivity contribution in [2.75, 3.05) is 0 Å². The van der Waals surface area contributed by atoms with E-state index < -0.39 is 58.1 Å². The minimum atomic E-state index is -6.55. The van der Waals surface area contributed by atoms with E-state index in [0.29, 0.717) is 6.92 Å². The molecule has 1 aromatic rings. The van der Waals surface area contributed by atoms with Crippen LogP contribution in [0.5, 0.6) is 5.75 Å². The first-order valence-electron chi connectivity index (χ1n) is 6.07. The van der Waals surface area contributed by atoms with E-state index in [2.05, 4.69) is 9.89 Å². The van der Waals surface area contributed by atoms with Gasteiger partial charge in [-0.25, -0.2) is 4.39 Å². The highest BCUT2D eigenvalue weighted by atomic mass is 35.5. The first-order valence-corrected chi connectivity index (χ1v) is 6.44. The number of nitrogens with zero attached hydrogens (tertiary/aromatic N) is 1. The predicted octanol–water partition coefficient (Wildman–Crippen LogP) is 5.56. The van der Waals surface area contributed by atoms with Crippen LogP contribution in [-0.4, -0.2) is 29.1 Å². The van der Waals surface area contributed by atoms with Crippen molar-refractivity contribution in [1.82, 2.24) is 0 Å². The molecule has 0 saturated carbocycles. The summed E-state index contributed by atoms with van der Waals surface area (Å²) in [4.78, 5) is 0. The van der Waals surface area contributed by atoms with Gasteiger partial charge in [0.05, 0.1) is 5.56 Å². The Bertz CT molecular complexity index is 694. The molecule has 0 aliphatic rings. The maximum atomic E-state index is 14.0. The van der Waals surface area contributed by atoms with Gasteiger partial charge in [-0.05, 0) is 18.6 Å². The van der Waals surface area contributed by atoms with Crippen LogP contribution in [0.1, 0.15) is 16.7 Å². The van der Waals surface area contributed by atoms with E-state index in [1.165, 1.54) is 0 Å². The van der Waals surface area contributed by atoms with E-state index >= 15 is 0 Å². The van der Waals surface area contributed by atoms with Crippen LogP contribution in [0.25, 0.3) is 0 Å². The van der Waals surface area contributed by atoms with E-state index in [1.54, 1.807) is 0 Å². The zero-order valence-electron chi connectivity index (χ0n) is 12.1. The summed E-state index contributed by atoms with van der Waals surface area (Å²) in [6.07, 6.45) is -18.7. The van der Waals surface area contributed by atoms with E-state index in [4.69, 9.17) is 16.8 Å². The fraction of sp³-hybridized carbons (Fsp3) is 0.417. The number of halogens is 11. The number of hydrogen-bond donors (Lipinski definition) is 1. The van der Waals surface area contributed by atoms with Crippen LogP contribution in [0.3, 0.4) is 0 Å². The predicted molar refractivity (Wildman–Crippen MR) is 66.9 cm³/mol. The van der Waals surface area contributed by atoms with Crippen molar-refractivity contribution in [1.29, 1.82) is 0 Å². The molecule has 1 aromatic carbocycles. The molecule has 1 rings (SSSR count). The van der Waals surface area contributed by atoms with Crippen LogP contribution >= 0.6 is 11.6 Å². The number of alkyl halides is 10. The van der Waals surface area contributed by atoms with Crippen molar-refractivity contribution in [2.45, 2.75) is 31.3 Å². The lowest BCUT2D eigenvalue weighted by Gasteiger charge is -2.31. The third-order valence-electron chi connectivity index (χ3n) is 3.00. The SMILES string of the molecule is Cc1cc(C(F)(C(F)(F)F)C(F)(F)F)cc(OC(F)(F)F)c1/C(Cl)=N/O. The summed E-state index contributed by atoms with van der Waals surface area (Å²) in [6.45, 7) is 0.711. The first-order chi connectivity index (χ1) is 11.5. The highest BCUT2D eigenvalue weighted by Gasteiger charge is 2.73. The van der Waals surface area contributed by atoms with Crippen LogP contribution in [0, 0.1) is 6.92 Å². The lowest BCUT2D eigenvalue weighted by atomic mass is 9.91. The third-order valence-corrected chi connectivity index (χ3v) is 3.26. The van der Waals surface area contributed by atoms with Crippen molar-refractivity contribution in [3.05, 3.63) is 28.8 Å². The van der Waals surface area contributed by atoms with Gasteiger partial charge in [-0.2, -0.15) is 26.3 Å². The molecule has 1 N–H and O–H groups in total. The quantitative estimate of drug-likeness (QED) is 0.301. The van der Waals surface area contributed by atoms with Gasteiger partial charge < -0.3 is 9.94 Å². The number of benzene rings is 1. The molecule has 0 fully saturated rings. The molecule has 0 aromatic heterocycles. The summed E-state index contributed by atoms with van der Waals surface area (Å²) in [5.74, 6) is -1.72. The number of hydrogen-bond acceptors (Lipinski definition) is 3. The highest BCUT2D eigenvalue weighted by molar-refractivity contribution is 6.70. The molecule has 0 unspecified atom stereocenters. The van der Waals surface area contributed by atoms with Crippen molar-refractivity contribution in [2.24, 2.45) is 5.16 Å². The number of aryl methyl sites for hydroxylation is 1. The van der Waals surface area contributed by atoms with Gasteiger partial charge in [-0.15, -0.1) is 13.2 Å². The number of rotatable bonds is 3. The average molecular weight is 422 g/mol. The van der Waals surface area contributed by atoms with Gasteiger partial charge in [-0.3, -0.25) is 0 Å². The first kappa shape index (κ1) is 22.1. The van der Waals surface area contributed by atoms with Gasteiger partial charge in [0.25, 0.3) is 0 Å². The summed E-state index contributed by atoms with van der Waals surface area (Å²) in [5.41, 5.74) is -10.0. The van der Waals surface area contributed by atoms with Gasteiger partial charge in [0.15, 0.2) is 5.17 Å². The Balaban J connectivity index is 3.85. The topological polar surface area (TPSA) is 41.8 Å². The zero-order chi connectivity index (χ0) is 20.7. The van der Waals surface area contributed by atoms with E-state index in [1.807, 2.05) is 0 Å². The Morgan fingerprint density at radius 1 is 0.962 bits per heavy atom. The molecular weight excluding hydrogens is 416 g/mol.